The molecule has 0 radical (unpaired) electrons. The van der Waals surface area contributed by atoms with Crippen molar-refractivity contribution in [2.75, 3.05) is 13.6 Å². The molecule has 1 fully saturated rings. The van der Waals surface area contributed by atoms with Gasteiger partial charge in [0.05, 0.1) is 12.2 Å². The molecule has 1 aromatic rings. The maximum absolute atomic E-state index is 5.28. The second kappa shape index (κ2) is 6.59. The van der Waals surface area contributed by atoms with Crippen molar-refractivity contribution in [3.05, 3.63) is 17.5 Å². The van der Waals surface area contributed by atoms with Crippen LogP contribution in [-0.4, -0.2) is 24.7 Å². The predicted molar refractivity (Wildman–Crippen MR) is 76.1 cm³/mol. The van der Waals surface area contributed by atoms with E-state index in [-0.39, 0.29) is 0 Å². The zero-order chi connectivity index (χ0) is 13.7. The molecule has 5 heteroatoms. The molecule has 1 aliphatic carbocycles. The van der Waals surface area contributed by atoms with Crippen molar-refractivity contribution < 1.29 is 4.52 Å². The van der Waals surface area contributed by atoms with Gasteiger partial charge in [0, 0.05) is 19.7 Å². The van der Waals surface area contributed by atoms with E-state index in [1.807, 2.05) is 6.07 Å². The third kappa shape index (κ3) is 4.58. The van der Waals surface area contributed by atoms with Gasteiger partial charge in [0.1, 0.15) is 0 Å². The summed E-state index contributed by atoms with van der Waals surface area (Å²) in [7, 11) is 1.78. The molecule has 1 saturated carbocycles. The standard InChI is InChI=1S/C14H24N4O/c1-10(2)13-8-12(19-18-13)9-17-14(15-3)16-7-6-11-4-5-11/h8,10-11H,4-7,9H2,1-3H3,(H2,15,16,17). The van der Waals surface area contributed by atoms with Crippen LogP contribution in [0.2, 0.25) is 0 Å². The first-order chi connectivity index (χ1) is 9.19. The molecule has 19 heavy (non-hydrogen) atoms. The zero-order valence-electron chi connectivity index (χ0n) is 12.1. The Labute approximate surface area is 114 Å². The highest BCUT2D eigenvalue weighted by Crippen LogP contribution is 2.31. The van der Waals surface area contributed by atoms with Gasteiger partial charge in [0.25, 0.3) is 0 Å². The van der Waals surface area contributed by atoms with E-state index < -0.39 is 0 Å². The van der Waals surface area contributed by atoms with Crippen LogP contribution in [0.5, 0.6) is 0 Å². The fourth-order valence-corrected chi connectivity index (χ4v) is 1.88. The number of aliphatic imine (C=N–C) groups is 1. The minimum atomic E-state index is 0.397. The van der Waals surface area contributed by atoms with E-state index in [1.54, 1.807) is 7.05 Å². The second-order valence-corrected chi connectivity index (χ2v) is 5.46. The van der Waals surface area contributed by atoms with E-state index in [2.05, 4.69) is 34.6 Å². The Morgan fingerprint density at radius 2 is 2.26 bits per heavy atom. The molecule has 1 aromatic heterocycles. The van der Waals surface area contributed by atoms with Crippen LogP contribution in [0, 0.1) is 5.92 Å². The van der Waals surface area contributed by atoms with Crippen LogP contribution in [0.4, 0.5) is 0 Å². The van der Waals surface area contributed by atoms with Crippen molar-refractivity contribution in [1.29, 1.82) is 0 Å². The Kier molecular flexibility index (Phi) is 4.82. The third-order valence-corrected chi connectivity index (χ3v) is 3.36. The first-order valence-electron chi connectivity index (χ1n) is 7.09. The summed E-state index contributed by atoms with van der Waals surface area (Å²) >= 11 is 0. The Bertz CT molecular complexity index is 421. The lowest BCUT2D eigenvalue weighted by Crippen LogP contribution is -2.37. The van der Waals surface area contributed by atoms with E-state index >= 15 is 0 Å². The van der Waals surface area contributed by atoms with Crippen LogP contribution in [-0.2, 0) is 6.54 Å². The molecule has 0 saturated heterocycles. The minimum Gasteiger partial charge on any atom is -0.359 e. The Hall–Kier alpha value is -1.52. The van der Waals surface area contributed by atoms with Crippen LogP contribution in [0.1, 0.15) is 50.5 Å². The number of hydrogen-bond donors (Lipinski definition) is 2. The van der Waals surface area contributed by atoms with Crippen molar-refractivity contribution >= 4 is 5.96 Å². The van der Waals surface area contributed by atoms with Crippen LogP contribution in [0.15, 0.2) is 15.6 Å². The van der Waals surface area contributed by atoms with Gasteiger partial charge in [0.2, 0.25) is 0 Å². The van der Waals surface area contributed by atoms with E-state index in [0.29, 0.717) is 12.5 Å². The van der Waals surface area contributed by atoms with Gasteiger partial charge in [-0.15, -0.1) is 0 Å². The summed E-state index contributed by atoms with van der Waals surface area (Å²) in [5.41, 5.74) is 0.994. The molecule has 0 spiro atoms. The molecule has 1 heterocycles. The van der Waals surface area contributed by atoms with Crippen molar-refractivity contribution in [2.24, 2.45) is 10.9 Å². The summed E-state index contributed by atoms with van der Waals surface area (Å²) in [6.45, 7) is 5.81. The molecule has 2 N–H and O–H groups in total. The van der Waals surface area contributed by atoms with Gasteiger partial charge in [-0.25, -0.2) is 0 Å². The van der Waals surface area contributed by atoms with Gasteiger partial charge in [0.15, 0.2) is 11.7 Å². The van der Waals surface area contributed by atoms with Crippen molar-refractivity contribution in [3.63, 3.8) is 0 Å². The van der Waals surface area contributed by atoms with Gasteiger partial charge < -0.3 is 15.2 Å². The Balaban J connectivity index is 1.71. The normalized spacial score (nSPS) is 15.9. The topological polar surface area (TPSA) is 62.5 Å². The van der Waals surface area contributed by atoms with Crippen LogP contribution >= 0.6 is 0 Å². The fraction of sp³-hybridized carbons (Fsp3) is 0.714. The van der Waals surface area contributed by atoms with Crippen molar-refractivity contribution in [2.45, 2.75) is 45.6 Å². The molecule has 0 bridgehead atoms. The molecule has 5 nitrogen and oxygen atoms in total. The van der Waals surface area contributed by atoms with Crippen LogP contribution in [0.25, 0.3) is 0 Å². The largest absolute Gasteiger partial charge is 0.359 e. The Morgan fingerprint density at radius 1 is 1.47 bits per heavy atom. The van der Waals surface area contributed by atoms with Gasteiger partial charge in [-0.05, 0) is 18.3 Å². The highest BCUT2D eigenvalue weighted by molar-refractivity contribution is 5.79. The van der Waals surface area contributed by atoms with Gasteiger partial charge >= 0.3 is 0 Å². The summed E-state index contributed by atoms with van der Waals surface area (Å²) in [6.07, 6.45) is 4.02. The van der Waals surface area contributed by atoms with Crippen molar-refractivity contribution in [3.8, 4) is 0 Å². The molecule has 0 amide bonds. The second-order valence-electron chi connectivity index (χ2n) is 5.46. The lowest BCUT2D eigenvalue weighted by Gasteiger charge is -2.10. The number of rotatable bonds is 6. The molecule has 0 aromatic carbocycles. The molecule has 0 unspecified atom stereocenters. The molecular weight excluding hydrogens is 240 g/mol. The lowest BCUT2D eigenvalue weighted by atomic mass is 10.1. The molecule has 0 atom stereocenters. The maximum Gasteiger partial charge on any atom is 0.191 e. The number of nitrogens with one attached hydrogen (secondary N) is 2. The summed E-state index contributed by atoms with van der Waals surface area (Å²) < 4.78 is 5.28. The van der Waals surface area contributed by atoms with Crippen molar-refractivity contribution in [1.82, 2.24) is 15.8 Å². The predicted octanol–water partition coefficient (Wildman–Crippen LogP) is 2.26. The minimum absolute atomic E-state index is 0.397. The summed E-state index contributed by atoms with van der Waals surface area (Å²) in [4.78, 5) is 4.19. The number of aromatic nitrogens is 1. The Morgan fingerprint density at radius 3 is 2.84 bits per heavy atom. The third-order valence-electron chi connectivity index (χ3n) is 3.36. The van der Waals surface area contributed by atoms with Gasteiger partial charge in [-0.1, -0.05) is 31.8 Å². The SMILES string of the molecule is CN=C(NCCC1CC1)NCc1cc(C(C)C)no1. The van der Waals surface area contributed by atoms with E-state index in [4.69, 9.17) is 4.52 Å². The smallest absolute Gasteiger partial charge is 0.191 e. The monoisotopic (exact) mass is 264 g/mol. The quantitative estimate of drug-likeness (QED) is 0.611. The summed E-state index contributed by atoms with van der Waals surface area (Å²) in [5.74, 6) is 3.00. The first-order valence-corrected chi connectivity index (χ1v) is 7.09. The molecule has 106 valence electrons. The van der Waals surface area contributed by atoms with E-state index in [1.165, 1.54) is 19.3 Å². The highest BCUT2D eigenvalue weighted by Gasteiger charge is 2.20. The summed E-state index contributed by atoms with van der Waals surface area (Å²) in [5, 5.41) is 10.6. The highest BCUT2D eigenvalue weighted by atomic mass is 16.5. The van der Waals surface area contributed by atoms with E-state index in [9.17, 15) is 0 Å². The fourth-order valence-electron chi connectivity index (χ4n) is 1.88. The zero-order valence-corrected chi connectivity index (χ0v) is 12.1. The van der Waals surface area contributed by atoms with Crippen LogP contribution < -0.4 is 10.6 Å². The number of guanidine groups is 1. The van der Waals surface area contributed by atoms with Gasteiger partial charge in [-0.2, -0.15) is 0 Å². The van der Waals surface area contributed by atoms with E-state index in [0.717, 1.165) is 29.9 Å². The average Bonchev–Trinajstić information content (AvgIpc) is 3.09. The van der Waals surface area contributed by atoms with Gasteiger partial charge in [-0.3, -0.25) is 4.99 Å². The molecular formula is C14H24N4O. The lowest BCUT2D eigenvalue weighted by molar-refractivity contribution is 0.372. The molecule has 1 aliphatic rings. The number of nitrogens with zero attached hydrogens (tertiary/aromatic N) is 2. The van der Waals surface area contributed by atoms with Crippen LogP contribution in [0.3, 0.4) is 0 Å². The number of hydrogen-bond acceptors (Lipinski definition) is 3. The molecule has 2 rings (SSSR count). The first kappa shape index (κ1) is 13.9. The molecule has 0 aliphatic heterocycles. The average molecular weight is 264 g/mol. The summed E-state index contributed by atoms with van der Waals surface area (Å²) in [6, 6.07) is 2.00. The maximum atomic E-state index is 5.28.